The average molecular weight is 378 g/mol. The molecule has 0 radical (unpaired) electrons. The predicted molar refractivity (Wildman–Crippen MR) is 97.3 cm³/mol. The number of nitrogens with one attached hydrogen (secondary N) is 1. The van der Waals surface area contributed by atoms with Crippen molar-refractivity contribution < 1.29 is 4.74 Å². The molecule has 1 aliphatic rings. The lowest BCUT2D eigenvalue weighted by atomic mass is 10.1. The second-order valence-corrected chi connectivity index (χ2v) is 6.38. The molecule has 3 aromatic rings. The minimum atomic E-state index is 0.431. The standard InChI is InChI=1S/C19H12BrN3O/c20-15-5-6-18-13(9-15)7-12(11-24-18)8-14(10-21)19-22-16-3-1-2-4-17(16)23-19/h1-9H,11H2,(H,22,23). The molecule has 0 fully saturated rings. The summed E-state index contributed by atoms with van der Waals surface area (Å²) in [5.74, 6) is 1.41. The van der Waals surface area contributed by atoms with Crippen LogP contribution in [0.25, 0.3) is 22.7 Å². The number of halogens is 1. The van der Waals surface area contributed by atoms with Gasteiger partial charge in [-0.15, -0.1) is 0 Å². The highest BCUT2D eigenvalue weighted by Crippen LogP contribution is 2.30. The molecule has 5 heteroatoms. The van der Waals surface area contributed by atoms with Crippen LogP contribution in [-0.4, -0.2) is 16.6 Å². The second-order valence-electron chi connectivity index (χ2n) is 5.46. The summed E-state index contributed by atoms with van der Waals surface area (Å²) in [6, 6.07) is 15.8. The Balaban J connectivity index is 1.74. The lowest BCUT2D eigenvalue weighted by molar-refractivity contribution is 0.351. The van der Waals surface area contributed by atoms with Gasteiger partial charge in [-0.2, -0.15) is 5.26 Å². The monoisotopic (exact) mass is 377 g/mol. The van der Waals surface area contributed by atoms with E-state index in [0.717, 1.165) is 32.4 Å². The van der Waals surface area contributed by atoms with Crippen molar-refractivity contribution in [3.63, 3.8) is 0 Å². The molecule has 116 valence electrons. The smallest absolute Gasteiger partial charge is 0.149 e. The summed E-state index contributed by atoms with van der Waals surface area (Å²) >= 11 is 3.46. The van der Waals surface area contributed by atoms with E-state index in [9.17, 15) is 5.26 Å². The van der Waals surface area contributed by atoms with E-state index in [1.54, 1.807) is 0 Å². The number of rotatable bonds is 2. The van der Waals surface area contributed by atoms with Gasteiger partial charge in [-0.3, -0.25) is 0 Å². The molecular weight excluding hydrogens is 366 g/mol. The predicted octanol–water partition coefficient (Wildman–Crippen LogP) is 4.71. The van der Waals surface area contributed by atoms with Crippen LogP contribution in [0, 0.1) is 11.3 Å². The summed E-state index contributed by atoms with van der Waals surface area (Å²) in [6.45, 7) is 0.431. The Morgan fingerprint density at radius 3 is 3.00 bits per heavy atom. The number of nitriles is 1. The van der Waals surface area contributed by atoms with E-state index < -0.39 is 0 Å². The van der Waals surface area contributed by atoms with Crippen molar-refractivity contribution in [1.29, 1.82) is 5.26 Å². The number of imidazole rings is 1. The van der Waals surface area contributed by atoms with Crippen molar-refractivity contribution in [3.8, 4) is 11.8 Å². The number of allylic oxidation sites excluding steroid dienone is 1. The van der Waals surface area contributed by atoms with Gasteiger partial charge in [0.1, 0.15) is 24.3 Å². The first-order valence-corrected chi connectivity index (χ1v) is 8.22. The molecule has 0 aliphatic carbocycles. The van der Waals surface area contributed by atoms with Gasteiger partial charge in [0, 0.05) is 10.0 Å². The number of H-pyrrole nitrogens is 1. The number of ether oxygens (including phenoxy) is 1. The molecule has 0 saturated heterocycles. The molecule has 0 bridgehead atoms. The summed E-state index contributed by atoms with van der Waals surface area (Å²) in [5.41, 5.74) is 4.16. The second kappa shape index (κ2) is 5.99. The van der Waals surface area contributed by atoms with Crippen molar-refractivity contribution in [2.75, 3.05) is 6.61 Å². The average Bonchev–Trinajstić information content (AvgIpc) is 3.03. The molecule has 4 nitrogen and oxygen atoms in total. The fourth-order valence-electron chi connectivity index (χ4n) is 2.67. The first-order chi connectivity index (χ1) is 11.7. The molecular formula is C19H12BrN3O. The van der Waals surface area contributed by atoms with Gasteiger partial charge >= 0.3 is 0 Å². The third-order valence-corrected chi connectivity index (χ3v) is 4.30. The number of hydrogen-bond acceptors (Lipinski definition) is 3. The van der Waals surface area contributed by atoms with Gasteiger partial charge in [-0.25, -0.2) is 4.98 Å². The van der Waals surface area contributed by atoms with Crippen LogP contribution < -0.4 is 4.74 Å². The van der Waals surface area contributed by atoms with Crippen LogP contribution in [0.2, 0.25) is 0 Å². The first-order valence-electron chi connectivity index (χ1n) is 7.43. The number of aromatic nitrogens is 2. The van der Waals surface area contributed by atoms with Crippen LogP contribution in [0.5, 0.6) is 5.75 Å². The van der Waals surface area contributed by atoms with E-state index in [1.807, 2.05) is 54.6 Å². The highest BCUT2D eigenvalue weighted by atomic mass is 79.9. The Morgan fingerprint density at radius 1 is 1.29 bits per heavy atom. The van der Waals surface area contributed by atoms with E-state index in [4.69, 9.17) is 4.74 Å². The van der Waals surface area contributed by atoms with E-state index in [1.165, 1.54) is 0 Å². The van der Waals surface area contributed by atoms with Crippen LogP contribution in [0.3, 0.4) is 0 Å². The van der Waals surface area contributed by atoms with Crippen molar-refractivity contribution in [1.82, 2.24) is 9.97 Å². The van der Waals surface area contributed by atoms with Crippen molar-refractivity contribution in [3.05, 3.63) is 70.0 Å². The molecule has 1 aliphatic heterocycles. The fourth-order valence-corrected chi connectivity index (χ4v) is 3.05. The molecule has 1 N–H and O–H groups in total. The highest BCUT2D eigenvalue weighted by molar-refractivity contribution is 9.10. The number of nitrogens with zero attached hydrogens (tertiary/aromatic N) is 2. The van der Waals surface area contributed by atoms with Crippen LogP contribution in [0.15, 0.2) is 58.6 Å². The van der Waals surface area contributed by atoms with E-state index in [0.29, 0.717) is 18.0 Å². The number of aromatic amines is 1. The SMILES string of the molecule is N#CC(=CC1=Cc2cc(Br)ccc2OC1)c1nc2ccccc2[nH]1. The molecule has 0 saturated carbocycles. The Bertz CT molecular complexity index is 1010. The van der Waals surface area contributed by atoms with Crippen LogP contribution in [0.1, 0.15) is 11.4 Å². The highest BCUT2D eigenvalue weighted by Gasteiger charge is 2.13. The normalized spacial score (nSPS) is 13.8. The van der Waals surface area contributed by atoms with Crippen LogP contribution >= 0.6 is 15.9 Å². The maximum Gasteiger partial charge on any atom is 0.149 e. The lowest BCUT2D eigenvalue weighted by Crippen LogP contribution is -2.06. The summed E-state index contributed by atoms with van der Waals surface area (Å²) in [7, 11) is 0. The van der Waals surface area contributed by atoms with Crippen molar-refractivity contribution in [2.24, 2.45) is 0 Å². The maximum atomic E-state index is 9.52. The van der Waals surface area contributed by atoms with Crippen LogP contribution in [-0.2, 0) is 0 Å². The molecule has 0 atom stereocenters. The minimum Gasteiger partial charge on any atom is -0.488 e. The quantitative estimate of drug-likeness (QED) is 0.657. The number of benzene rings is 2. The summed E-state index contributed by atoms with van der Waals surface area (Å²) in [4.78, 5) is 7.67. The third-order valence-electron chi connectivity index (χ3n) is 3.80. The van der Waals surface area contributed by atoms with Gasteiger partial charge in [0.15, 0.2) is 0 Å². The zero-order valence-corrected chi connectivity index (χ0v) is 14.2. The Kier molecular flexibility index (Phi) is 3.68. The molecule has 0 unspecified atom stereocenters. The van der Waals surface area contributed by atoms with E-state index in [2.05, 4.69) is 32.0 Å². The minimum absolute atomic E-state index is 0.431. The summed E-state index contributed by atoms with van der Waals surface area (Å²) < 4.78 is 6.75. The maximum absolute atomic E-state index is 9.52. The van der Waals surface area contributed by atoms with Crippen molar-refractivity contribution in [2.45, 2.75) is 0 Å². The molecule has 4 rings (SSSR count). The molecule has 1 aromatic heterocycles. The Labute approximate surface area is 147 Å². The number of hydrogen-bond donors (Lipinski definition) is 1. The Hall–Kier alpha value is -2.84. The largest absolute Gasteiger partial charge is 0.488 e. The fraction of sp³-hybridized carbons (Fsp3) is 0.0526. The molecule has 0 amide bonds. The van der Waals surface area contributed by atoms with E-state index >= 15 is 0 Å². The van der Waals surface area contributed by atoms with Crippen LogP contribution in [0.4, 0.5) is 0 Å². The topological polar surface area (TPSA) is 61.7 Å². The van der Waals surface area contributed by atoms with Gasteiger partial charge < -0.3 is 9.72 Å². The molecule has 24 heavy (non-hydrogen) atoms. The zero-order chi connectivity index (χ0) is 16.5. The third kappa shape index (κ3) is 2.72. The first kappa shape index (κ1) is 14.7. The van der Waals surface area contributed by atoms with Gasteiger partial charge in [0.2, 0.25) is 0 Å². The van der Waals surface area contributed by atoms with E-state index in [-0.39, 0.29) is 0 Å². The number of para-hydroxylation sites is 2. The van der Waals surface area contributed by atoms with Gasteiger partial charge in [-0.1, -0.05) is 28.1 Å². The molecule has 2 heterocycles. The molecule has 0 spiro atoms. The Morgan fingerprint density at radius 2 is 2.17 bits per heavy atom. The van der Waals surface area contributed by atoms with Gasteiger partial charge in [0.05, 0.1) is 16.6 Å². The van der Waals surface area contributed by atoms with Gasteiger partial charge in [0.25, 0.3) is 0 Å². The van der Waals surface area contributed by atoms with Crippen molar-refractivity contribution >= 4 is 38.6 Å². The molecule has 2 aromatic carbocycles. The summed E-state index contributed by atoms with van der Waals surface area (Å²) in [5, 5.41) is 9.52. The summed E-state index contributed by atoms with van der Waals surface area (Å²) in [6.07, 6.45) is 3.85. The number of fused-ring (bicyclic) bond motifs is 2. The zero-order valence-electron chi connectivity index (χ0n) is 12.6. The van der Waals surface area contributed by atoms with Gasteiger partial charge in [-0.05, 0) is 48.1 Å². The lowest BCUT2D eigenvalue weighted by Gasteiger charge is -2.16.